The Labute approximate surface area is 179 Å². The summed E-state index contributed by atoms with van der Waals surface area (Å²) in [4.78, 5) is 36.8. The van der Waals surface area contributed by atoms with Gasteiger partial charge < -0.3 is 20.3 Å². The summed E-state index contributed by atoms with van der Waals surface area (Å²) >= 11 is 0. The second-order valence-corrected chi connectivity index (χ2v) is 8.07. The van der Waals surface area contributed by atoms with Gasteiger partial charge in [0.25, 0.3) is 5.69 Å². The molecule has 1 fully saturated rings. The van der Waals surface area contributed by atoms with Crippen LogP contribution in [-0.2, 0) is 9.53 Å². The molecule has 164 valence electrons. The zero-order valence-electron chi connectivity index (χ0n) is 17.5. The number of non-ortho nitro benzene ring substituents is 1. The zero-order chi connectivity index (χ0) is 23.2. The number of amides is 2. The molecule has 0 radical (unpaired) electrons. The Hall–Kier alpha value is -3.86. The summed E-state index contributed by atoms with van der Waals surface area (Å²) in [7, 11) is 0. The smallest absolute Gasteiger partial charge is 0.408 e. The fourth-order valence-electron chi connectivity index (χ4n) is 3.15. The highest BCUT2D eigenvalue weighted by Crippen LogP contribution is 2.27. The van der Waals surface area contributed by atoms with Gasteiger partial charge in [-0.15, -0.1) is 0 Å². The number of nitrogens with zero attached hydrogens (tertiary/aromatic N) is 4. The lowest BCUT2D eigenvalue weighted by Gasteiger charge is -2.23. The molecule has 2 rings (SSSR count). The largest absolute Gasteiger partial charge is 0.444 e. The fourth-order valence-corrected chi connectivity index (χ4v) is 3.15. The fraction of sp³-hybridized carbons (Fsp3) is 0.500. The minimum absolute atomic E-state index is 0.170. The Bertz CT molecular complexity index is 943. The first-order valence-corrected chi connectivity index (χ1v) is 9.64. The van der Waals surface area contributed by atoms with E-state index in [9.17, 15) is 25.0 Å². The van der Waals surface area contributed by atoms with Crippen molar-refractivity contribution in [3.8, 4) is 12.1 Å². The monoisotopic (exact) mass is 428 g/mol. The van der Waals surface area contributed by atoms with Gasteiger partial charge in [0.1, 0.15) is 17.7 Å². The maximum atomic E-state index is 12.6. The molecular weight excluding hydrogens is 404 g/mol. The summed E-state index contributed by atoms with van der Waals surface area (Å²) in [5, 5.41) is 34.5. The van der Waals surface area contributed by atoms with Gasteiger partial charge in [0.2, 0.25) is 5.91 Å². The van der Waals surface area contributed by atoms with Crippen molar-refractivity contribution in [3.63, 3.8) is 0 Å². The van der Waals surface area contributed by atoms with Crippen molar-refractivity contribution < 1.29 is 19.2 Å². The van der Waals surface area contributed by atoms with E-state index in [0.717, 1.165) is 0 Å². The van der Waals surface area contributed by atoms with Gasteiger partial charge >= 0.3 is 6.09 Å². The van der Waals surface area contributed by atoms with Crippen LogP contribution in [0.5, 0.6) is 0 Å². The number of ether oxygens (including phenoxy) is 1. The maximum Gasteiger partial charge on any atom is 0.408 e. The molecule has 1 aliphatic heterocycles. The Kier molecular flexibility index (Phi) is 7.37. The molecule has 2 N–H and O–H groups in total. The van der Waals surface area contributed by atoms with Crippen molar-refractivity contribution in [2.24, 2.45) is 0 Å². The number of nitrogens with one attached hydrogen (secondary N) is 2. The summed E-state index contributed by atoms with van der Waals surface area (Å²) in [6, 6.07) is 6.56. The lowest BCUT2D eigenvalue weighted by atomic mass is 10.1. The van der Waals surface area contributed by atoms with Crippen LogP contribution in [0.1, 0.15) is 39.2 Å². The Morgan fingerprint density at radius 2 is 2.10 bits per heavy atom. The summed E-state index contributed by atoms with van der Waals surface area (Å²) in [5.74, 6) is -0.511. The molecule has 31 heavy (non-hydrogen) atoms. The SMILES string of the molecule is CC(C)(C)OC(=O)N[C@@H](CC#N)C(=O)N[C@H]1CCN(c2ccc([N+](=O)[O-])cc2C#N)C1. The van der Waals surface area contributed by atoms with Crippen LogP contribution in [0.4, 0.5) is 16.2 Å². The predicted molar refractivity (Wildman–Crippen MR) is 110 cm³/mol. The summed E-state index contributed by atoms with van der Waals surface area (Å²) in [6.07, 6.45) is -0.442. The Morgan fingerprint density at radius 1 is 1.39 bits per heavy atom. The number of nitro groups is 1. The quantitative estimate of drug-likeness (QED) is 0.513. The Morgan fingerprint density at radius 3 is 2.68 bits per heavy atom. The average molecular weight is 428 g/mol. The van der Waals surface area contributed by atoms with Crippen LogP contribution >= 0.6 is 0 Å². The number of nitro benzene ring substituents is 1. The number of anilines is 1. The molecule has 11 heteroatoms. The molecule has 1 saturated heterocycles. The van der Waals surface area contributed by atoms with Gasteiger partial charge in [-0.1, -0.05) is 0 Å². The number of carbonyl (C=O) groups excluding carboxylic acids is 2. The molecule has 1 aliphatic rings. The molecule has 11 nitrogen and oxygen atoms in total. The van der Waals surface area contributed by atoms with Crippen molar-refractivity contribution in [2.75, 3.05) is 18.0 Å². The van der Waals surface area contributed by atoms with Crippen LogP contribution in [0.15, 0.2) is 18.2 Å². The molecule has 2 amide bonds. The van der Waals surface area contributed by atoms with E-state index >= 15 is 0 Å². The van der Waals surface area contributed by atoms with Gasteiger partial charge in [-0.05, 0) is 33.3 Å². The molecule has 2 atom stereocenters. The zero-order valence-corrected chi connectivity index (χ0v) is 17.5. The Balaban J connectivity index is 2.02. The molecule has 0 aliphatic carbocycles. The molecule has 0 aromatic heterocycles. The van der Waals surface area contributed by atoms with E-state index in [0.29, 0.717) is 25.2 Å². The third-order valence-electron chi connectivity index (χ3n) is 4.49. The first kappa shape index (κ1) is 23.4. The van der Waals surface area contributed by atoms with Crippen molar-refractivity contribution in [1.82, 2.24) is 10.6 Å². The van der Waals surface area contributed by atoms with Gasteiger partial charge in [-0.25, -0.2) is 4.79 Å². The van der Waals surface area contributed by atoms with Crippen LogP contribution in [0, 0.1) is 32.8 Å². The molecule has 0 spiro atoms. The molecular formula is C20H24N6O5. The van der Waals surface area contributed by atoms with Crippen molar-refractivity contribution in [3.05, 3.63) is 33.9 Å². The van der Waals surface area contributed by atoms with E-state index in [4.69, 9.17) is 10.00 Å². The topological polar surface area (TPSA) is 161 Å². The van der Waals surface area contributed by atoms with E-state index in [1.54, 1.807) is 20.8 Å². The second-order valence-electron chi connectivity index (χ2n) is 8.07. The first-order valence-electron chi connectivity index (χ1n) is 9.64. The highest BCUT2D eigenvalue weighted by Gasteiger charge is 2.30. The molecule has 1 aromatic rings. The van der Waals surface area contributed by atoms with Gasteiger partial charge in [0.05, 0.1) is 28.7 Å². The molecule has 1 aromatic carbocycles. The van der Waals surface area contributed by atoms with Gasteiger partial charge in [0, 0.05) is 31.3 Å². The maximum absolute atomic E-state index is 12.6. The van der Waals surface area contributed by atoms with Crippen molar-refractivity contribution in [1.29, 1.82) is 10.5 Å². The van der Waals surface area contributed by atoms with E-state index < -0.39 is 28.6 Å². The van der Waals surface area contributed by atoms with E-state index in [1.807, 2.05) is 17.0 Å². The summed E-state index contributed by atoms with van der Waals surface area (Å²) < 4.78 is 5.14. The highest BCUT2D eigenvalue weighted by molar-refractivity contribution is 5.86. The molecule has 1 heterocycles. The van der Waals surface area contributed by atoms with Crippen LogP contribution < -0.4 is 15.5 Å². The van der Waals surface area contributed by atoms with Crippen molar-refractivity contribution >= 4 is 23.4 Å². The minimum atomic E-state index is -1.07. The number of hydrogen-bond donors (Lipinski definition) is 2. The van der Waals surface area contributed by atoms with Crippen LogP contribution in [0.3, 0.4) is 0 Å². The normalized spacial score (nSPS) is 16.5. The summed E-state index contributed by atoms with van der Waals surface area (Å²) in [6.45, 7) is 5.97. The van der Waals surface area contributed by atoms with Crippen LogP contribution in [0.25, 0.3) is 0 Å². The van der Waals surface area contributed by atoms with E-state index in [2.05, 4.69) is 10.6 Å². The van der Waals surface area contributed by atoms with E-state index in [-0.39, 0.29) is 23.7 Å². The molecule has 0 saturated carbocycles. The number of benzene rings is 1. The third kappa shape index (κ3) is 6.57. The van der Waals surface area contributed by atoms with Gasteiger partial charge in [-0.2, -0.15) is 10.5 Å². The number of carbonyl (C=O) groups is 2. The van der Waals surface area contributed by atoms with Crippen molar-refractivity contribution in [2.45, 2.75) is 51.3 Å². The minimum Gasteiger partial charge on any atom is -0.444 e. The highest BCUT2D eigenvalue weighted by atomic mass is 16.6. The summed E-state index contributed by atoms with van der Waals surface area (Å²) in [5.41, 5.74) is -0.190. The van der Waals surface area contributed by atoms with Crippen LogP contribution in [-0.4, -0.2) is 47.7 Å². The predicted octanol–water partition coefficient (Wildman–Crippen LogP) is 1.97. The molecule has 0 bridgehead atoms. The average Bonchev–Trinajstić information content (AvgIpc) is 3.13. The standard InChI is InChI=1S/C20H24N6O5/c1-20(2,3)31-19(28)24-16(6-8-21)18(27)23-14-7-9-25(12-14)17-5-4-15(26(29)30)10-13(17)11-22/h4-5,10,14,16H,6-7,9,12H2,1-3H3,(H,23,27)(H,24,28)/t14-,16-/m0/s1. The van der Waals surface area contributed by atoms with Gasteiger partial charge in [-0.3, -0.25) is 14.9 Å². The lowest BCUT2D eigenvalue weighted by Crippen LogP contribution is -2.51. The number of alkyl carbamates (subject to hydrolysis) is 1. The van der Waals surface area contributed by atoms with Gasteiger partial charge in [0.15, 0.2) is 0 Å². The lowest BCUT2D eigenvalue weighted by molar-refractivity contribution is -0.384. The first-order chi connectivity index (χ1) is 14.5. The number of hydrogen-bond acceptors (Lipinski definition) is 8. The third-order valence-corrected chi connectivity index (χ3v) is 4.49. The van der Waals surface area contributed by atoms with Crippen LogP contribution in [0.2, 0.25) is 0 Å². The number of rotatable bonds is 6. The number of nitriles is 2. The van der Waals surface area contributed by atoms with E-state index in [1.165, 1.54) is 18.2 Å². The second kappa shape index (κ2) is 9.76. The molecule has 0 unspecified atom stereocenters.